The molecule has 0 saturated carbocycles. The lowest BCUT2D eigenvalue weighted by molar-refractivity contribution is -0.384. The fraction of sp³-hybridized carbons (Fsp3) is 0.0714. The summed E-state index contributed by atoms with van der Waals surface area (Å²) in [6.45, 7) is 0.113. The molecule has 22 heavy (non-hydrogen) atoms. The molecule has 0 aliphatic rings. The highest BCUT2D eigenvalue weighted by Crippen LogP contribution is 2.16. The molecule has 8 heteroatoms. The highest BCUT2D eigenvalue weighted by molar-refractivity contribution is 6.39. The molecule has 1 heterocycles. The van der Waals surface area contributed by atoms with Gasteiger partial charge < -0.3 is 10.6 Å². The number of aromatic nitrogens is 1. The standard InChI is InChI=1S/C14H12N4O4/c19-13(16-9-11-4-1-2-7-15-11)14(20)17-10-5-3-6-12(8-10)18(21)22/h1-8H,9H2,(H,16,19)(H,17,20). The minimum Gasteiger partial charge on any atom is -0.342 e. The third-order valence-corrected chi connectivity index (χ3v) is 2.68. The minimum atomic E-state index is -0.906. The van der Waals surface area contributed by atoms with Crippen LogP contribution in [0.25, 0.3) is 0 Å². The van der Waals surface area contributed by atoms with Crippen LogP contribution in [0.5, 0.6) is 0 Å². The Morgan fingerprint density at radius 3 is 2.64 bits per heavy atom. The molecule has 8 nitrogen and oxygen atoms in total. The van der Waals surface area contributed by atoms with Crippen LogP contribution in [0, 0.1) is 10.1 Å². The molecule has 0 radical (unpaired) electrons. The van der Waals surface area contributed by atoms with Crippen LogP contribution < -0.4 is 10.6 Å². The first kappa shape index (κ1) is 15.1. The number of nitro groups is 1. The van der Waals surface area contributed by atoms with Crippen LogP contribution in [-0.4, -0.2) is 21.7 Å². The number of amides is 2. The summed E-state index contributed by atoms with van der Waals surface area (Å²) in [5, 5.41) is 15.3. The Morgan fingerprint density at radius 1 is 1.14 bits per heavy atom. The highest BCUT2D eigenvalue weighted by Gasteiger charge is 2.15. The number of nitrogens with one attached hydrogen (secondary N) is 2. The van der Waals surface area contributed by atoms with E-state index in [1.807, 2.05) is 0 Å². The summed E-state index contributed by atoms with van der Waals surface area (Å²) in [5.41, 5.74) is 0.609. The number of pyridine rings is 1. The van der Waals surface area contributed by atoms with Gasteiger partial charge in [-0.2, -0.15) is 0 Å². The van der Waals surface area contributed by atoms with Crippen molar-refractivity contribution in [2.24, 2.45) is 0 Å². The van der Waals surface area contributed by atoms with Gasteiger partial charge in [0.25, 0.3) is 5.69 Å². The largest absolute Gasteiger partial charge is 0.342 e. The zero-order valence-electron chi connectivity index (χ0n) is 11.4. The lowest BCUT2D eigenvalue weighted by Crippen LogP contribution is -2.35. The molecule has 1 aromatic carbocycles. The number of benzene rings is 1. The molecule has 1 aromatic heterocycles. The van der Waals surface area contributed by atoms with Crippen molar-refractivity contribution in [1.29, 1.82) is 0 Å². The fourth-order valence-corrected chi connectivity index (χ4v) is 1.64. The van der Waals surface area contributed by atoms with Crippen molar-refractivity contribution in [1.82, 2.24) is 10.3 Å². The number of hydrogen-bond acceptors (Lipinski definition) is 5. The summed E-state index contributed by atoms with van der Waals surface area (Å²) in [4.78, 5) is 37.4. The number of nitrogens with zero attached hydrogens (tertiary/aromatic N) is 2. The first-order chi connectivity index (χ1) is 10.6. The van der Waals surface area contributed by atoms with Crippen LogP contribution in [0.2, 0.25) is 0 Å². The van der Waals surface area contributed by atoms with Gasteiger partial charge in [-0.05, 0) is 18.2 Å². The van der Waals surface area contributed by atoms with E-state index in [0.29, 0.717) is 5.69 Å². The molecule has 2 amide bonds. The lowest BCUT2D eigenvalue weighted by Gasteiger charge is -2.06. The third kappa shape index (κ3) is 4.10. The molecule has 0 fully saturated rings. The van der Waals surface area contributed by atoms with Gasteiger partial charge >= 0.3 is 11.8 Å². The zero-order valence-corrected chi connectivity index (χ0v) is 11.4. The van der Waals surface area contributed by atoms with Crippen molar-refractivity contribution < 1.29 is 14.5 Å². The van der Waals surface area contributed by atoms with Gasteiger partial charge in [-0.25, -0.2) is 0 Å². The van der Waals surface area contributed by atoms with Gasteiger partial charge in [0.2, 0.25) is 0 Å². The van der Waals surface area contributed by atoms with E-state index < -0.39 is 16.7 Å². The molecule has 0 bridgehead atoms. The Labute approximate surface area is 125 Å². The van der Waals surface area contributed by atoms with Gasteiger partial charge in [-0.15, -0.1) is 0 Å². The molecule has 0 saturated heterocycles. The molecule has 0 spiro atoms. The van der Waals surface area contributed by atoms with Crippen molar-refractivity contribution in [3.63, 3.8) is 0 Å². The quantitative estimate of drug-likeness (QED) is 0.501. The number of non-ortho nitro benzene ring substituents is 1. The monoisotopic (exact) mass is 300 g/mol. The van der Waals surface area contributed by atoms with E-state index in [-0.39, 0.29) is 17.9 Å². The van der Waals surface area contributed by atoms with Crippen LogP contribution in [0.4, 0.5) is 11.4 Å². The molecule has 112 valence electrons. The van der Waals surface area contributed by atoms with Gasteiger partial charge in [0.05, 0.1) is 17.2 Å². The maximum absolute atomic E-state index is 11.7. The maximum Gasteiger partial charge on any atom is 0.313 e. The highest BCUT2D eigenvalue weighted by atomic mass is 16.6. The Bertz CT molecular complexity index is 703. The van der Waals surface area contributed by atoms with Gasteiger partial charge in [-0.3, -0.25) is 24.7 Å². The molecule has 0 aliphatic carbocycles. The second-order valence-corrected chi connectivity index (χ2v) is 4.27. The zero-order chi connectivity index (χ0) is 15.9. The second kappa shape index (κ2) is 6.93. The van der Waals surface area contributed by atoms with Crippen LogP contribution in [0.1, 0.15) is 5.69 Å². The van der Waals surface area contributed by atoms with E-state index in [0.717, 1.165) is 0 Å². The van der Waals surface area contributed by atoms with E-state index in [1.54, 1.807) is 24.4 Å². The number of anilines is 1. The molecule has 2 N–H and O–H groups in total. The molecule has 0 atom stereocenters. The predicted molar refractivity (Wildman–Crippen MR) is 77.8 cm³/mol. The SMILES string of the molecule is O=C(NCc1ccccn1)C(=O)Nc1cccc([N+](=O)[O-])c1. The summed E-state index contributed by atoms with van der Waals surface area (Å²) >= 11 is 0. The Balaban J connectivity index is 1.92. The normalized spacial score (nSPS) is 9.82. The van der Waals surface area contributed by atoms with Gasteiger partial charge in [0, 0.05) is 24.0 Å². The summed E-state index contributed by atoms with van der Waals surface area (Å²) in [7, 11) is 0. The van der Waals surface area contributed by atoms with Gasteiger partial charge in [0.1, 0.15) is 0 Å². The molecule has 2 aromatic rings. The summed E-state index contributed by atoms with van der Waals surface area (Å²) in [6, 6.07) is 10.5. The van der Waals surface area contributed by atoms with Crippen LogP contribution >= 0.6 is 0 Å². The molecular weight excluding hydrogens is 288 g/mol. The van der Waals surface area contributed by atoms with Crippen molar-refractivity contribution in [2.75, 3.05) is 5.32 Å². The smallest absolute Gasteiger partial charge is 0.313 e. The second-order valence-electron chi connectivity index (χ2n) is 4.27. The number of carbonyl (C=O) groups is 2. The summed E-state index contributed by atoms with van der Waals surface area (Å²) in [6.07, 6.45) is 1.57. The van der Waals surface area contributed by atoms with Crippen LogP contribution in [0.15, 0.2) is 48.7 Å². The van der Waals surface area contributed by atoms with Crippen molar-refractivity contribution in [3.05, 3.63) is 64.5 Å². The summed E-state index contributed by atoms with van der Waals surface area (Å²) in [5.74, 6) is -1.76. The summed E-state index contributed by atoms with van der Waals surface area (Å²) < 4.78 is 0. The van der Waals surface area contributed by atoms with Crippen molar-refractivity contribution in [3.8, 4) is 0 Å². The lowest BCUT2D eigenvalue weighted by atomic mass is 10.3. The average molecular weight is 300 g/mol. The van der Waals surface area contributed by atoms with E-state index in [9.17, 15) is 19.7 Å². The van der Waals surface area contributed by atoms with Gasteiger partial charge in [0.15, 0.2) is 0 Å². The van der Waals surface area contributed by atoms with E-state index in [1.165, 1.54) is 24.3 Å². The molecule has 0 unspecified atom stereocenters. The Hall–Kier alpha value is -3.29. The van der Waals surface area contributed by atoms with Gasteiger partial charge in [-0.1, -0.05) is 12.1 Å². The fourth-order valence-electron chi connectivity index (χ4n) is 1.64. The van der Waals surface area contributed by atoms with Crippen LogP contribution in [-0.2, 0) is 16.1 Å². The van der Waals surface area contributed by atoms with E-state index >= 15 is 0 Å². The minimum absolute atomic E-state index is 0.113. The van der Waals surface area contributed by atoms with Crippen molar-refractivity contribution in [2.45, 2.75) is 6.54 Å². The first-order valence-electron chi connectivity index (χ1n) is 6.30. The first-order valence-corrected chi connectivity index (χ1v) is 6.30. The maximum atomic E-state index is 11.7. The van der Waals surface area contributed by atoms with Crippen molar-refractivity contribution >= 4 is 23.2 Å². The third-order valence-electron chi connectivity index (χ3n) is 2.68. The predicted octanol–water partition coefficient (Wildman–Crippen LogP) is 1.24. The average Bonchev–Trinajstić information content (AvgIpc) is 2.53. The Morgan fingerprint density at radius 2 is 1.95 bits per heavy atom. The molecular formula is C14H12N4O4. The van der Waals surface area contributed by atoms with E-state index in [2.05, 4.69) is 15.6 Å². The number of rotatable bonds is 4. The number of carbonyl (C=O) groups excluding carboxylic acids is 2. The Kier molecular flexibility index (Phi) is 4.76. The van der Waals surface area contributed by atoms with E-state index in [4.69, 9.17) is 0 Å². The molecule has 0 aliphatic heterocycles. The number of nitro benzene ring substituents is 1. The van der Waals surface area contributed by atoms with Crippen LogP contribution in [0.3, 0.4) is 0 Å². The topological polar surface area (TPSA) is 114 Å². The number of hydrogen-bond donors (Lipinski definition) is 2. The molecule has 2 rings (SSSR count).